The number of rotatable bonds is 5. The summed E-state index contributed by atoms with van der Waals surface area (Å²) in [5.74, 6) is -1.32. The van der Waals surface area contributed by atoms with Crippen LogP contribution in [0.15, 0.2) is 57.8 Å². The first-order chi connectivity index (χ1) is 12.8. The molecule has 0 aliphatic heterocycles. The molecule has 8 nitrogen and oxygen atoms in total. The third-order valence-electron chi connectivity index (χ3n) is 3.64. The summed E-state index contributed by atoms with van der Waals surface area (Å²) in [6.07, 6.45) is 0. The van der Waals surface area contributed by atoms with E-state index in [4.69, 9.17) is 4.42 Å². The number of aromatic nitrogens is 2. The normalized spacial score (nSPS) is 11.6. The van der Waals surface area contributed by atoms with Crippen molar-refractivity contribution in [2.45, 2.75) is 4.90 Å². The smallest absolute Gasteiger partial charge is 0.322 e. The third-order valence-corrected chi connectivity index (χ3v) is 5.47. The van der Waals surface area contributed by atoms with E-state index >= 15 is 0 Å². The predicted octanol–water partition coefficient (Wildman–Crippen LogP) is 2.38. The molecule has 0 radical (unpaired) electrons. The molecule has 0 unspecified atom stereocenters. The van der Waals surface area contributed by atoms with E-state index in [1.165, 1.54) is 56.6 Å². The summed E-state index contributed by atoms with van der Waals surface area (Å²) in [7, 11) is -0.675. The van der Waals surface area contributed by atoms with Crippen LogP contribution in [0.2, 0.25) is 0 Å². The summed E-state index contributed by atoms with van der Waals surface area (Å²) in [6, 6.07) is 11.1. The Labute approximate surface area is 154 Å². The first-order valence-corrected chi connectivity index (χ1v) is 9.15. The van der Waals surface area contributed by atoms with Crippen LogP contribution in [0.3, 0.4) is 0 Å². The van der Waals surface area contributed by atoms with Gasteiger partial charge in [0.25, 0.3) is 5.91 Å². The topological polar surface area (TPSA) is 105 Å². The number of sulfonamides is 1. The van der Waals surface area contributed by atoms with Crippen molar-refractivity contribution in [1.29, 1.82) is 0 Å². The van der Waals surface area contributed by atoms with Crippen LogP contribution in [0.1, 0.15) is 10.4 Å². The van der Waals surface area contributed by atoms with E-state index in [1.807, 2.05) is 0 Å². The molecule has 140 valence electrons. The van der Waals surface area contributed by atoms with Gasteiger partial charge < -0.3 is 4.42 Å². The van der Waals surface area contributed by atoms with Crippen molar-refractivity contribution in [3.8, 4) is 11.5 Å². The lowest BCUT2D eigenvalue weighted by Gasteiger charge is -2.11. The van der Waals surface area contributed by atoms with Gasteiger partial charge in [0.05, 0.1) is 10.5 Å². The zero-order chi connectivity index (χ0) is 19.6. The molecular formula is C17H15FN4O4S. The van der Waals surface area contributed by atoms with Crippen LogP contribution in [-0.4, -0.2) is 42.9 Å². The average Bonchev–Trinajstić information content (AvgIpc) is 3.10. The minimum absolute atomic E-state index is 0.0765. The molecule has 0 aliphatic carbocycles. The lowest BCUT2D eigenvalue weighted by atomic mass is 10.2. The fraction of sp³-hybridized carbons (Fsp3) is 0.118. The van der Waals surface area contributed by atoms with Gasteiger partial charge in [-0.2, -0.15) is 0 Å². The Bertz CT molecular complexity index is 1080. The number of benzene rings is 2. The highest BCUT2D eigenvalue weighted by Crippen LogP contribution is 2.23. The lowest BCUT2D eigenvalue weighted by Crippen LogP contribution is -2.22. The molecule has 0 atom stereocenters. The molecule has 1 heterocycles. The van der Waals surface area contributed by atoms with E-state index in [-0.39, 0.29) is 22.4 Å². The van der Waals surface area contributed by atoms with Gasteiger partial charge in [0.15, 0.2) is 0 Å². The van der Waals surface area contributed by atoms with Crippen molar-refractivity contribution in [3.05, 3.63) is 59.9 Å². The molecule has 0 saturated carbocycles. The Morgan fingerprint density at radius 2 is 1.74 bits per heavy atom. The number of hydrogen-bond donors (Lipinski definition) is 1. The van der Waals surface area contributed by atoms with Gasteiger partial charge in [-0.05, 0) is 36.4 Å². The third kappa shape index (κ3) is 3.86. The van der Waals surface area contributed by atoms with E-state index in [1.54, 1.807) is 0 Å². The number of hydrogen-bond acceptors (Lipinski definition) is 6. The largest absolute Gasteiger partial charge is 0.403 e. The minimum Gasteiger partial charge on any atom is -0.403 e. The second kappa shape index (κ2) is 7.25. The molecule has 3 rings (SSSR count). The molecule has 0 spiro atoms. The molecule has 2 aromatic carbocycles. The first kappa shape index (κ1) is 18.7. The molecule has 0 aliphatic rings. The van der Waals surface area contributed by atoms with Gasteiger partial charge in [-0.1, -0.05) is 17.2 Å². The van der Waals surface area contributed by atoms with Gasteiger partial charge in [-0.3, -0.25) is 10.1 Å². The zero-order valence-electron chi connectivity index (χ0n) is 14.4. The number of amides is 1. The maximum atomic E-state index is 13.6. The van der Waals surface area contributed by atoms with E-state index in [0.717, 1.165) is 10.4 Å². The molecule has 0 fully saturated rings. The Balaban J connectivity index is 1.78. The Morgan fingerprint density at radius 1 is 1.07 bits per heavy atom. The maximum Gasteiger partial charge on any atom is 0.322 e. The van der Waals surface area contributed by atoms with Crippen molar-refractivity contribution in [2.75, 3.05) is 19.4 Å². The minimum atomic E-state index is -3.55. The number of carbonyl (C=O) groups is 1. The second-order valence-corrected chi connectivity index (χ2v) is 7.81. The summed E-state index contributed by atoms with van der Waals surface area (Å²) in [4.78, 5) is 12.2. The monoisotopic (exact) mass is 390 g/mol. The highest BCUT2D eigenvalue weighted by molar-refractivity contribution is 7.89. The number of nitrogens with zero attached hydrogens (tertiary/aromatic N) is 3. The van der Waals surface area contributed by atoms with Crippen LogP contribution >= 0.6 is 0 Å². The van der Waals surface area contributed by atoms with Crippen molar-refractivity contribution < 1.29 is 22.0 Å². The molecular weight excluding hydrogens is 375 g/mol. The van der Waals surface area contributed by atoms with Gasteiger partial charge in [0, 0.05) is 19.7 Å². The van der Waals surface area contributed by atoms with Gasteiger partial charge in [-0.15, -0.1) is 5.10 Å². The Hall–Kier alpha value is -3.11. The highest BCUT2D eigenvalue weighted by atomic mass is 32.2. The summed E-state index contributed by atoms with van der Waals surface area (Å²) >= 11 is 0. The standard InChI is InChI=1S/C17H15FN4O4S/c1-22(2)27(24,25)12-9-7-11(8-10-12)16-20-21-17(26-16)19-15(23)13-5-3-4-6-14(13)18/h3-10H,1-2H3,(H,19,21,23). The fourth-order valence-electron chi connectivity index (χ4n) is 2.18. The zero-order valence-corrected chi connectivity index (χ0v) is 15.2. The molecule has 27 heavy (non-hydrogen) atoms. The summed E-state index contributed by atoms with van der Waals surface area (Å²) < 4.78 is 44.2. The van der Waals surface area contributed by atoms with Crippen LogP contribution in [0.25, 0.3) is 11.5 Å². The summed E-state index contributed by atoms with van der Waals surface area (Å²) in [5, 5.41) is 9.81. The van der Waals surface area contributed by atoms with E-state index in [0.29, 0.717) is 5.56 Å². The molecule has 1 N–H and O–H groups in total. The number of carbonyl (C=O) groups excluding carboxylic acids is 1. The van der Waals surface area contributed by atoms with E-state index in [9.17, 15) is 17.6 Å². The quantitative estimate of drug-likeness (QED) is 0.717. The molecule has 3 aromatic rings. The van der Waals surface area contributed by atoms with Crippen LogP contribution in [-0.2, 0) is 10.0 Å². The van der Waals surface area contributed by atoms with Crippen molar-refractivity contribution in [1.82, 2.24) is 14.5 Å². The Morgan fingerprint density at radius 3 is 2.37 bits per heavy atom. The van der Waals surface area contributed by atoms with Gasteiger partial charge in [0.2, 0.25) is 15.9 Å². The van der Waals surface area contributed by atoms with Crippen LogP contribution in [0.4, 0.5) is 10.4 Å². The maximum absolute atomic E-state index is 13.6. The number of halogens is 1. The molecule has 0 bridgehead atoms. The van der Waals surface area contributed by atoms with Gasteiger partial charge >= 0.3 is 6.01 Å². The predicted molar refractivity (Wildman–Crippen MR) is 95.0 cm³/mol. The Kier molecular flexibility index (Phi) is 5.02. The summed E-state index contributed by atoms with van der Waals surface area (Å²) in [6.45, 7) is 0. The molecule has 10 heteroatoms. The van der Waals surface area contributed by atoms with Crippen LogP contribution in [0, 0.1) is 5.82 Å². The molecule has 1 amide bonds. The number of nitrogens with one attached hydrogen (secondary N) is 1. The highest BCUT2D eigenvalue weighted by Gasteiger charge is 2.18. The van der Waals surface area contributed by atoms with E-state index < -0.39 is 21.7 Å². The number of anilines is 1. The fourth-order valence-corrected chi connectivity index (χ4v) is 3.08. The van der Waals surface area contributed by atoms with Crippen molar-refractivity contribution >= 4 is 21.9 Å². The SMILES string of the molecule is CN(C)S(=O)(=O)c1ccc(-c2nnc(NC(=O)c3ccccc3F)o2)cc1. The van der Waals surface area contributed by atoms with Gasteiger partial charge in [-0.25, -0.2) is 17.1 Å². The lowest BCUT2D eigenvalue weighted by molar-refractivity contribution is 0.102. The van der Waals surface area contributed by atoms with Crippen LogP contribution in [0.5, 0.6) is 0 Å². The van der Waals surface area contributed by atoms with Crippen LogP contribution < -0.4 is 5.32 Å². The van der Waals surface area contributed by atoms with E-state index in [2.05, 4.69) is 15.5 Å². The molecule has 1 aromatic heterocycles. The molecule has 0 saturated heterocycles. The van der Waals surface area contributed by atoms with Crippen molar-refractivity contribution in [3.63, 3.8) is 0 Å². The van der Waals surface area contributed by atoms with Crippen molar-refractivity contribution in [2.24, 2.45) is 0 Å². The average molecular weight is 390 g/mol. The van der Waals surface area contributed by atoms with Gasteiger partial charge in [0.1, 0.15) is 5.82 Å². The second-order valence-electron chi connectivity index (χ2n) is 5.66. The summed E-state index contributed by atoms with van der Waals surface area (Å²) in [5.41, 5.74) is 0.307. The first-order valence-electron chi connectivity index (χ1n) is 7.71.